The minimum atomic E-state index is -3.72. The monoisotopic (exact) mass is 356 g/mol. The average Bonchev–Trinajstić information content (AvgIpc) is 2.57. The Morgan fingerprint density at radius 2 is 1.80 bits per heavy atom. The smallest absolute Gasteiger partial charge is 0.262 e. The third kappa shape index (κ3) is 3.17. The van der Waals surface area contributed by atoms with Crippen molar-refractivity contribution < 1.29 is 13.2 Å². The lowest BCUT2D eigenvalue weighted by molar-refractivity contribution is 0.410. The van der Waals surface area contributed by atoms with Crippen LogP contribution >= 0.6 is 0 Å². The van der Waals surface area contributed by atoms with Crippen LogP contribution in [-0.2, 0) is 10.0 Å². The zero-order chi connectivity index (χ0) is 18.2. The highest BCUT2D eigenvalue weighted by atomic mass is 32.2. The molecular weight excluding hydrogens is 336 g/mol. The molecule has 0 atom stereocenters. The number of aromatic nitrogens is 1. The molecule has 25 heavy (non-hydrogen) atoms. The molecule has 0 saturated carbocycles. The van der Waals surface area contributed by atoms with Gasteiger partial charge >= 0.3 is 0 Å². The number of nitrogens with one attached hydrogen (secondary N) is 1. The molecule has 0 bridgehead atoms. The predicted molar refractivity (Wildman–Crippen MR) is 99.8 cm³/mol. The number of aryl methyl sites for hydroxylation is 1. The Kier molecular flexibility index (Phi) is 4.39. The highest BCUT2D eigenvalue weighted by Crippen LogP contribution is 2.31. The van der Waals surface area contributed by atoms with E-state index >= 15 is 0 Å². The summed E-state index contributed by atoms with van der Waals surface area (Å²) in [6, 6.07) is 10.8. The number of hydrogen-bond donors (Lipinski definition) is 1. The first-order valence-corrected chi connectivity index (χ1v) is 9.34. The maximum Gasteiger partial charge on any atom is 0.262 e. The third-order valence-electron chi connectivity index (χ3n) is 4.32. The molecule has 6 heteroatoms. The van der Waals surface area contributed by atoms with E-state index in [1.807, 2.05) is 19.1 Å². The maximum absolute atomic E-state index is 13.0. The molecule has 0 radical (unpaired) electrons. The van der Waals surface area contributed by atoms with Crippen molar-refractivity contribution in [1.29, 1.82) is 0 Å². The summed E-state index contributed by atoms with van der Waals surface area (Å²) < 4.78 is 33.9. The lowest BCUT2D eigenvalue weighted by atomic mass is 10.1. The van der Waals surface area contributed by atoms with Crippen LogP contribution in [0.25, 0.3) is 10.9 Å². The van der Waals surface area contributed by atoms with Crippen molar-refractivity contribution >= 4 is 26.6 Å². The van der Waals surface area contributed by atoms with Crippen molar-refractivity contribution in [3.05, 3.63) is 59.3 Å². The zero-order valence-corrected chi connectivity index (χ0v) is 15.4. The molecule has 1 heterocycles. The van der Waals surface area contributed by atoms with Crippen LogP contribution in [0.15, 0.2) is 47.5 Å². The summed E-state index contributed by atoms with van der Waals surface area (Å²) in [5.41, 5.74) is 3.48. The lowest BCUT2D eigenvalue weighted by Gasteiger charge is -2.17. The van der Waals surface area contributed by atoms with E-state index in [0.717, 1.165) is 16.5 Å². The van der Waals surface area contributed by atoms with Crippen molar-refractivity contribution in [2.75, 3.05) is 11.8 Å². The van der Waals surface area contributed by atoms with Gasteiger partial charge in [0.25, 0.3) is 10.0 Å². The Hall–Kier alpha value is -2.60. The second-order valence-electron chi connectivity index (χ2n) is 5.99. The highest BCUT2D eigenvalue weighted by molar-refractivity contribution is 7.92. The molecule has 130 valence electrons. The first-order valence-electron chi connectivity index (χ1n) is 7.86. The van der Waals surface area contributed by atoms with Gasteiger partial charge in [0.05, 0.1) is 17.5 Å². The number of fused-ring (bicyclic) bond motifs is 1. The van der Waals surface area contributed by atoms with Gasteiger partial charge in [-0.15, -0.1) is 0 Å². The Bertz CT molecular complexity index is 1060. The number of nitrogens with zero attached hydrogens (tertiary/aromatic N) is 1. The summed E-state index contributed by atoms with van der Waals surface area (Å²) >= 11 is 0. The van der Waals surface area contributed by atoms with E-state index in [1.54, 1.807) is 51.4 Å². The van der Waals surface area contributed by atoms with Gasteiger partial charge in [-0.2, -0.15) is 0 Å². The fraction of sp³-hybridized carbons (Fsp3) is 0.211. The number of sulfonamides is 1. The van der Waals surface area contributed by atoms with Crippen LogP contribution in [0.4, 0.5) is 5.69 Å². The maximum atomic E-state index is 13.0. The fourth-order valence-corrected chi connectivity index (χ4v) is 4.57. The average molecular weight is 356 g/mol. The molecule has 0 amide bonds. The largest absolute Gasteiger partial charge is 0.496 e. The Morgan fingerprint density at radius 3 is 2.52 bits per heavy atom. The van der Waals surface area contributed by atoms with Crippen molar-refractivity contribution in [3.63, 3.8) is 0 Å². The highest BCUT2D eigenvalue weighted by Gasteiger charge is 2.23. The molecule has 0 fully saturated rings. The van der Waals surface area contributed by atoms with Crippen LogP contribution in [0.5, 0.6) is 5.75 Å². The molecule has 3 aromatic rings. The second-order valence-corrected chi connectivity index (χ2v) is 7.61. The van der Waals surface area contributed by atoms with Crippen LogP contribution in [-0.4, -0.2) is 20.5 Å². The van der Waals surface area contributed by atoms with E-state index in [-0.39, 0.29) is 4.90 Å². The fourth-order valence-electron chi connectivity index (χ4n) is 2.99. The number of methoxy groups -OCH3 is 1. The standard InChI is InChI=1S/C19H20N2O3S/c1-12-10-18(24-4)13(2)14(3)19(12)25(22,23)21-16-7-8-17-15(11-16)6-5-9-20-17/h5-11,21H,1-4H3. The summed E-state index contributed by atoms with van der Waals surface area (Å²) in [4.78, 5) is 4.53. The number of ether oxygens (including phenoxy) is 1. The molecule has 0 saturated heterocycles. The molecule has 1 N–H and O–H groups in total. The number of rotatable bonds is 4. The molecule has 0 aliphatic heterocycles. The van der Waals surface area contributed by atoms with E-state index in [4.69, 9.17) is 4.74 Å². The molecule has 0 aliphatic carbocycles. The molecule has 0 aliphatic rings. The van der Waals surface area contributed by atoms with Crippen molar-refractivity contribution in [3.8, 4) is 5.75 Å². The minimum absolute atomic E-state index is 0.289. The molecule has 2 aromatic carbocycles. The van der Waals surface area contributed by atoms with Gasteiger partial charge in [-0.05, 0) is 67.8 Å². The third-order valence-corrected chi connectivity index (χ3v) is 5.99. The lowest BCUT2D eigenvalue weighted by Crippen LogP contribution is -2.16. The van der Waals surface area contributed by atoms with Crippen molar-refractivity contribution in [1.82, 2.24) is 4.98 Å². The van der Waals surface area contributed by atoms with E-state index < -0.39 is 10.0 Å². The normalized spacial score (nSPS) is 11.5. The van der Waals surface area contributed by atoms with E-state index in [0.29, 0.717) is 22.6 Å². The number of pyridine rings is 1. The minimum Gasteiger partial charge on any atom is -0.496 e. The Balaban J connectivity index is 2.06. The predicted octanol–water partition coefficient (Wildman–Crippen LogP) is 3.97. The van der Waals surface area contributed by atoms with Crippen LogP contribution in [0, 0.1) is 20.8 Å². The first kappa shape index (κ1) is 17.2. The summed E-state index contributed by atoms with van der Waals surface area (Å²) in [6.45, 7) is 5.42. The van der Waals surface area contributed by atoms with Gasteiger partial charge in [-0.3, -0.25) is 9.71 Å². The molecule has 5 nitrogen and oxygen atoms in total. The van der Waals surface area contributed by atoms with Gasteiger partial charge in [-0.25, -0.2) is 8.42 Å². The van der Waals surface area contributed by atoms with Gasteiger partial charge < -0.3 is 4.74 Å². The summed E-state index contributed by atoms with van der Waals surface area (Å²) in [5, 5.41) is 0.877. The quantitative estimate of drug-likeness (QED) is 0.768. The van der Waals surface area contributed by atoms with Crippen molar-refractivity contribution in [2.24, 2.45) is 0 Å². The van der Waals surface area contributed by atoms with Gasteiger partial charge in [0.2, 0.25) is 0 Å². The SMILES string of the molecule is COc1cc(C)c(S(=O)(=O)Nc2ccc3ncccc3c2)c(C)c1C. The molecular formula is C19H20N2O3S. The molecule has 1 aromatic heterocycles. The number of anilines is 1. The summed E-state index contributed by atoms with van der Waals surface area (Å²) in [7, 11) is -2.14. The molecule has 0 unspecified atom stereocenters. The Morgan fingerprint density at radius 1 is 1.04 bits per heavy atom. The van der Waals surface area contributed by atoms with Crippen molar-refractivity contribution in [2.45, 2.75) is 25.7 Å². The van der Waals surface area contributed by atoms with Gasteiger partial charge in [0, 0.05) is 17.3 Å². The van der Waals surface area contributed by atoms with Gasteiger partial charge in [-0.1, -0.05) is 6.07 Å². The van der Waals surface area contributed by atoms with Crippen LogP contribution in [0.2, 0.25) is 0 Å². The number of benzene rings is 2. The van der Waals surface area contributed by atoms with Crippen LogP contribution in [0.1, 0.15) is 16.7 Å². The van der Waals surface area contributed by atoms with E-state index in [1.165, 1.54) is 0 Å². The Labute approximate surface area is 147 Å². The van der Waals surface area contributed by atoms with Crippen LogP contribution in [0.3, 0.4) is 0 Å². The van der Waals surface area contributed by atoms with E-state index in [2.05, 4.69) is 9.71 Å². The zero-order valence-electron chi connectivity index (χ0n) is 14.6. The number of hydrogen-bond acceptors (Lipinski definition) is 4. The molecule has 0 spiro atoms. The van der Waals surface area contributed by atoms with Gasteiger partial charge in [0.1, 0.15) is 5.75 Å². The topological polar surface area (TPSA) is 68.3 Å². The van der Waals surface area contributed by atoms with Crippen LogP contribution < -0.4 is 9.46 Å². The first-order chi connectivity index (χ1) is 11.8. The van der Waals surface area contributed by atoms with Gasteiger partial charge in [0.15, 0.2) is 0 Å². The van der Waals surface area contributed by atoms with E-state index in [9.17, 15) is 8.42 Å². The molecule has 3 rings (SSSR count). The summed E-state index contributed by atoms with van der Waals surface area (Å²) in [5.74, 6) is 0.686. The summed E-state index contributed by atoms with van der Waals surface area (Å²) in [6.07, 6.45) is 1.71. The second kappa shape index (κ2) is 6.37.